The molecule has 0 heterocycles. The molecule has 41 heavy (non-hydrogen) atoms. The molecular weight excluding hydrogens is 551 g/mol. The van der Waals surface area contributed by atoms with Gasteiger partial charge in [-0.15, -0.1) is 0 Å². The number of carbonyl (C=O) groups excluding carboxylic acids is 1. The summed E-state index contributed by atoms with van der Waals surface area (Å²) in [5, 5.41) is 4.30. The normalized spacial score (nSPS) is 11.1. The lowest BCUT2D eigenvalue weighted by atomic mass is 9.98. The lowest BCUT2D eigenvalue weighted by Crippen LogP contribution is -2.32. The summed E-state index contributed by atoms with van der Waals surface area (Å²) >= 11 is 6.74. The Morgan fingerprint density at radius 1 is 0.634 bits per heavy atom. The minimum atomic E-state index is -2.24. The first-order valence-corrected chi connectivity index (χ1v) is 15.5. The van der Waals surface area contributed by atoms with Crippen LogP contribution < -0.4 is 25.4 Å². The van der Waals surface area contributed by atoms with Gasteiger partial charge in [0.15, 0.2) is 0 Å². The van der Waals surface area contributed by atoms with E-state index >= 15 is 0 Å². The van der Waals surface area contributed by atoms with Crippen LogP contribution in [0.15, 0.2) is 121 Å². The van der Waals surface area contributed by atoms with Crippen LogP contribution in [0.1, 0.15) is 15.9 Å². The maximum atomic E-state index is 12.3. The molecule has 0 aliphatic carbocycles. The van der Waals surface area contributed by atoms with Gasteiger partial charge in [-0.3, -0.25) is 0 Å². The molecule has 6 heteroatoms. The Hall–Kier alpha value is -4.11. The molecule has 206 valence electrons. The summed E-state index contributed by atoms with van der Waals surface area (Å²) in [6.45, 7) is 0. The standard InChI is InChI=1S/C35H31ClO4P/c1-38-33-21-25(35(37)40-3)19-20-30(33)31-23-32(36)34(39-2)22-26(31)24-41(27-13-7-4-8-14-27,28-15-9-5-10-16-28)29-17-11-6-12-18-29/h4-23H,24H2,1-3H3/q+1. The predicted molar refractivity (Wildman–Crippen MR) is 170 cm³/mol. The molecule has 0 aliphatic rings. The summed E-state index contributed by atoms with van der Waals surface area (Å²) < 4.78 is 16.5. The van der Waals surface area contributed by atoms with Crippen LogP contribution in [0.25, 0.3) is 11.1 Å². The zero-order chi connectivity index (χ0) is 28.8. The van der Waals surface area contributed by atoms with Crippen molar-refractivity contribution in [3.8, 4) is 22.6 Å². The van der Waals surface area contributed by atoms with E-state index in [0.717, 1.165) is 16.7 Å². The number of ether oxygens (including phenoxy) is 3. The second-order valence-electron chi connectivity index (χ2n) is 9.53. The van der Waals surface area contributed by atoms with E-state index in [1.807, 2.05) is 18.2 Å². The smallest absolute Gasteiger partial charge is 0.337 e. The molecule has 0 spiro atoms. The topological polar surface area (TPSA) is 44.8 Å². The molecular formula is C35H31ClO4P+. The van der Waals surface area contributed by atoms with Crippen LogP contribution in [0.3, 0.4) is 0 Å². The van der Waals surface area contributed by atoms with Crippen LogP contribution in [0.2, 0.25) is 5.02 Å². The third kappa shape index (κ3) is 5.59. The number of hydrogen-bond acceptors (Lipinski definition) is 4. The highest BCUT2D eigenvalue weighted by molar-refractivity contribution is 7.95. The Morgan fingerprint density at radius 3 is 1.61 bits per heavy atom. The molecule has 0 radical (unpaired) electrons. The van der Waals surface area contributed by atoms with Crippen molar-refractivity contribution >= 4 is 40.7 Å². The van der Waals surface area contributed by atoms with Gasteiger partial charge in [-0.2, -0.15) is 0 Å². The SMILES string of the molecule is COC(=O)c1ccc(-c2cc(Cl)c(OC)cc2C[P+](c2ccccc2)(c2ccccc2)c2ccccc2)c(OC)c1. The zero-order valence-corrected chi connectivity index (χ0v) is 24.9. The van der Waals surface area contributed by atoms with Crippen LogP contribution >= 0.6 is 18.9 Å². The summed E-state index contributed by atoms with van der Waals surface area (Å²) in [5.41, 5.74) is 3.21. The van der Waals surface area contributed by atoms with Crippen LogP contribution in [-0.2, 0) is 10.9 Å². The maximum Gasteiger partial charge on any atom is 0.337 e. The molecule has 0 saturated heterocycles. The summed E-state index contributed by atoms with van der Waals surface area (Å²) in [6, 6.07) is 41.5. The Labute approximate surface area is 246 Å². The number of methoxy groups -OCH3 is 3. The first-order chi connectivity index (χ1) is 20.0. The average Bonchev–Trinajstić information content (AvgIpc) is 3.04. The molecule has 0 bridgehead atoms. The Morgan fingerprint density at radius 2 is 1.15 bits per heavy atom. The van der Waals surface area contributed by atoms with Gasteiger partial charge in [0.1, 0.15) is 34.7 Å². The molecule has 5 rings (SSSR count). The molecule has 0 saturated carbocycles. The van der Waals surface area contributed by atoms with Gasteiger partial charge in [0, 0.05) is 11.1 Å². The second-order valence-corrected chi connectivity index (χ2v) is 13.4. The quantitative estimate of drug-likeness (QED) is 0.135. The average molecular weight is 582 g/mol. The summed E-state index contributed by atoms with van der Waals surface area (Å²) in [7, 11) is 2.36. The summed E-state index contributed by atoms with van der Waals surface area (Å²) in [6.07, 6.45) is 0.704. The monoisotopic (exact) mass is 581 g/mol. The minimum absolute atomic E-state index is 0.411. The Bertz CT molecular complexity index is 1540. The first kappa shape index (κ1) is 28.4. The van der Waals surface area contributed by atoms with Crippen molar-refractivity contribution in [2.45, 2.75) is 6.16 Å². The van der Waals surface area contributed by atoms with Crippen molar-refractivity contribution in [2.75, 3.05) is 21.3 Å². The van der Waals surface area contributed by atoms with Crippen molar-refractivity contribution in [1.82, 2.24) is 0 Å². The molecule has 0 unspecified atom stereocenters. The van der Waals surface area contributed by atoms with Gasteiger partial charge in [-0.1, -0.05) is 66.2 Å². The molecule has 0 N–H and O–H groups in total. The fraction of sp³-hybridized carbons (Fsp3) is 0.114. The van der Waals surface area contributed by atoms with E-state index in [4.69, 9.17) is 25.8 Å². The number of halogens is 1. The third-order valence-corrected chi connectivity index (χ3v) is 11.9. The molecule has 0 amide bonds. The van der Waals surface area contributed by atoms with Crippen LogP contribution in [0, 0.1) is 0 Å². The fourth-order valence-corrected chi connectivity index (χ4v) is 9.81. The lowest BCUT2D eigenvalue weighted by Gasteiger charge is -2.29. The van der Waals surface area contributed by atoms with Gasteiger partial charge >= 0.3 is 5.97 Å². The minimum Gasteiger partial charge on any atom is -0.496 e. The first-order valence-electron chi connectivity index (χ1n) is 13.2. The number of benzene rings is 5. The highest BCUT2D eigenvalue weighted by atomic mass is 35.5. The molecule has 0 atom stereocenters. The van der Waals surface area contributed by atoms with Gasteiger partial charge in [0.05, 0.1) is 38.1 Å². The molecule has 4 nitrogen and oxygen atoms in total. The lowest BCUT2D eigenvalue weighted by molar-refractivity contribution is 0.0600. The predicted octanol–water partition coefficient (Wildman–Crippen LogP) is 7.30. The van der Waals surface area contributed by atoms with Crippen LogP contribution in [0.5, 0.6) is 11.5 Å². The van der Waals surface area contributed by atoms with Gasteiger partial charge in [-0.25, -0.2) is 4.79 Å². The molecule has 0 aliphatic heterocycles. The number of esters is 1. The Balaban J connectivity index is 1.81. The number of carbonyl (C=O) groups is 1. The molecule has 0 fully saturated rings. The molecule has 0 aromatic heterocycles. The summed E-state index contributed by atoms with van der Waals surface area (Å²) in [4.78, 5) is 12.3. The number of rotatable bonds is 9. The van der Waals surface area contributed by atoms with E-state index in [2.05, 4.69) is 91.0 Å². The van der Waals surface area contributed by atoms with Gasteiger partial charge < -0.3 is 14.2 Å². The van der Waals surface area contributed by atoms with Crippen LogP contribution in [0.4, 0.5) is 0 Å². The van der Waals surface area contributed by atoms with E-state index in [9.17, 15) is 4.79 Å². The Kier molecular flexibility index (Phi) is 8.73. The van der Waals surface area contributed by atoms with E-state index < -0.39 is 13.2 Å². The van der Waals surface area contributed by atoms with E-state index in [0.29, 0.717) is 28.2 Å². The van der Waals surface area contributed by atoms with E-state index in [1.54, 1.807) is 26.4 Å². The van der Waals surface area contributed by atoms with E-state index in [1.165, 1.54) is 23.0 Å². The van der Waals surface area contributed by atoms with Gasteiger partial charge in [0.2, 0.25) is 0 Å². The molecule has 5 aromatic rings. The van der Waals surface area contributed by atoms with Gasteiger partial charge in [-0.05, 0) is 72.3 Å². The maximum absolute atomic E-state index is 12.3. The third-order valence-electron chi connectivity index (χ3n) is 7.29. The molecule has 5 aromatic carbocycles. The van der Waals surface area contributed by atoms with Crippen molar-refractivity contribution in [3.63, 3.8) is 0 Å². The highest BCUT2D eigenvalue weighted by Gasteiger charge is 2.46. The summed E-state index contributed by atoms with van der Waals surface area (Å²) in [5.74, 6) is 0.728. The van der Waals surface area contributed by atoms with Crippen molar-refractivity contribution in [2.24, 2.45) is 0 Å². The van der Waals surface area contributed by atoms with Crippen LogP contribution in [-0.4, -0.2) is 27.3 Å². The zero-order valence-electron chi connectivity index (χ0n) is 23.2. The second kappa shape index (κ2) is 12.6. The van der Waals surface area contributed by atoms with Crippen molar-refractivity contribution < 1.29 is 19.0 Å². The van der Waals surface area contributed by atoms with Gasteiger partial charge in [0.25, 0.3) is 0 Å². The highest BCUT2D eigenvalue weighted by Crippen LogP contribution is 2.59. The van der Waals surface area contributed by atoms with Crippen molar-refractivity contribution in [1.29, 1.82) is 0 Å². The van der Waals surface area contributed by atoms with E-state index in [-0.39, 0.29) is 0 Å². The fourth-order valence-electron chi connectivity index (χ4n) is 5.32. The number of hydrogen-bond donors (Lipinski definition) is 0. The van der Waals surface area contributed by atoms with Crippen molar-refractivity contribution in [3.05, 3.63) is 137 Å². The largest absolute Gasteiger partial charge is 0.496 e.